The van der Waals surface area contributed by atoms with Crippen LogP contribution in [-0.2, 0) is 9.53 Å². The minimum atomic E-state index is 0.123. The highest BCUT2D eigenvalue weighted by Crippen LogP contribution is 2.42. The van der Waals surface area contributed by atoms with Crippen LogP contribution in [0, 0.1) is 5.92 Å². The van der Waals surface area contributed by atoms with Crippen LogP contribution < -0.4 is 5.73 Å². The molecule has 3 fully saturated rings. The quantitative estimate of drug-likeness (QED) is 0.842. The second-order valence-electron chi connectivity index (χ2n) is 7.17. The summed E-state index contributed by atoms with van der Waals surface area (Å²) in [6.07, 6.45) is 9.51. The summed E-state index contributed by atoms with van der Waals surface area (Å²) in [5, 5.41) is 0. The SMILES string of the molecule is CC1CC(=O)N(CC2CCC3(CCCCC3)O2)CC1N. The molecule has 3 rings (SSSR count). The maximum absolute atomic E-state index is 12.1. The molecule has 3 atom stereocenters. The lowest BCUT2D eigenvalue weighted by Gasteiger charge is -2.37. The Kier molecular flexibility index (Phi) is 4.04. The van der Waals surface area contributed by atoms with Gasteiger partial charge in [0.1, 0.15) is 0 Å². The van der Waals surface area contributed by atoms with Gasteiger partial charge in [0.25, 0.3) is 0 Å². The van der Waals surface area contributed by atoms with Gasteiger partial charge in [0, 0.05) is 25.6 Å². The van der Waals surface area contributed by atoms with Crippen molar-refractivity contribution in [1.29, 1.82) is 0 Å². The zero-order valence-electron chi connectivity index (χ0n) is 12.6. The van der Waals surface area contributed by atoms with Gasteiger partial charge in [0.2, 0.25) is 5.91 Å². The van der Waals surface area contributed by atoms with Gasteiger partial charge in [-0.1, -0.05) is 26.2 Å². The molecule has 0 radical (unpaired) electrons. The molecule has 4 heteroatoms. The Labute approximate surface area is 122 Å². The van der Waals surface area contributed by atoms with Crippen molar-refractivity contribution >= 4 is 5.91 Å². The first kappa shape index (κ1) is 14.3. The summed E-state index contributed by atoms with van der Waals surface area (Å²) in [6, 6.07) is 0.123. The maximum atomic E-state index is 12.1. The average molecular weight is 280 g/mol. The van der Waals surface area contributed by atoms with Gasteiger partial charge in [-0.3, -0.25) is 4.79 Å². The smallest absolute Gasteiger partial charge is 0.223 e. The fourth-order valence-corrected chi connectivity index (χ4v) is 4.10. The molecule has 1 saturated carbocycles. The Morgan fingerprint density at radius 2 is 2.05 bits per heavy atom. The summed E-state index contributed by atoms with van der Waals surface area (Å²) in [5.74, 6) is 0.570. The fourth-order valence-electron chi connectivity index (χ4n) is 4.10. The number of hydrogen-bond acceptors (Lipinski definition) is 3. The largest absolute Gasteiger partial charge is 0.370 e. The molecule has 4 nitrogen and oxygen atoms in total. The van der Waals surface area contributed by atoms with Gasteiger partial charge in [0.05, 0.1) is 11.7 Å². The van der Waals surface area contributed by atoms with Crippen LogP contribution in [0.4, 0.5) is 0 Å². The van der Waals surface area contributed by atoms with E-state index in [4.69, 9.17) is 10.5 Å². The molecule has 2 aliphatic heterocycles. The summed E-state index contributed by atoms with van der Waals surface area (Å²) in [7, 11) is 0. The first-order chi connectivity index (χ1) is 9.58. The van der Waals surface area contributed by atoms with Gasteiger partial charge in [-0.25, -0.2) is 0 Å². The molecule has 2 N–H and O–H groups in total. The van der Waals surface area contributed by atoms with Crippen molar-refractivity contribution in [2.24, 2.45) is 11.7 Å². The van der Waals surface area contributed by atoms with Gasteiger partial charge >= 0.3 is 0 Å². The number of nitrogens with zero attached hydrogens (tertiary/aromatic N) is 1. The predicted octanol–water partition coefficient (Wildman–Crippen LogP) is 2.06. The van der Waals surface area contributed by atoms with E-state index < -0.39 is 0 Å². The minimum absolute atomic E-state index is 0.123. The van der Waals surface area contributed by atoms with E-state index in [1.165, 1.54) is 38.5 Å². The van der Waals surface area contributed by atoms with Gasteiger partial charge < -0.3 is 15.4 Å². The summed E-state index contributed by atoms with van der Waals surface area (Å²) >= 11 is 0. The van der Waals surface area contributed by atoms with E-state index in [1.807, 2.05) is 4.90 Å². The van der Waals surface area contributed by atoms with Crippen molar-refractivity contribution < 1.29 is 9.53 Å². The number of hydrogen-bond donors (Lipinski definition) is 1. The first-order valence-corrected chi connectivity index (χ1v) is 8.29. The monoisotopic (exact) mass is 280 g/mol. The van der Waals surface area contributed by atoms with Crippen LogP contribution in [-0.4, -0.2) is 41.6 Å². The van der Waals surface area contributed by atoms with Crippen LogP contribution in [0.3, 0.4) is 0 Å². The molecule has 1 amide bonds. The first-order valence-electron chi connectivity index (χ1n) is 8.29. The Hall–Kier alpha value is -0.610. The molecule has 0 aromatic carbocycles. The summed E-state index contributed by atoms with van der Waals surface area (Å²) in [4.78, 5) is 14.1. The van der Waals surface area contributed by atoms with Crippen molar-refractivity contribution in [1.82, 2.24) is 4.90 Å². The topological polar surface area (TPSA) is 55.6 Å². The molecular weight excluding hydrogens is 252 g/mol. The second kappa shape index (κ2) is 5.64. The predicted molar refractivity (Wildman–Crippen MR) is 78.3 cm³/mol. The zero-order valence-corrected chi connectivity index (χ0v) is 12.6. The molecule has 3 unspecified atom stereocenters. The van der Waals surface area contributed by atoms with Crippen molar-refractivity contribution in [2.75, 3.05) is 13.1 Å². The summed E-state index contributed by atoms with van der Waals surface area (Å²) < 4.78 is 6.37. The molecule has 3 aliphatic rings. The molecule has 0 aromatic heterocycles. The van der Waals surface area contributed by atoms with Crippen molar-refractivity contribution in [3.8, 4) is 0 Å². The number of amides is 1. The van der Waals surface area contributed by atoms with Crippen LogP contribution in [0.1, 0.15) is 58.3 Å². The van der Waals surface area contributed by atoms with Crippen LogP contribution >= 0.6 is 0 Å². The molecule has 0 bridgehead atoms. The molecule has 20 heavy (non-hydrogen) atoms. The lowest BCUT2D eigenvalue weighted by atomic mass is 9.83. The molecule has 0 aromatic rings. The lowest BCUT2D eigenvalue weighted by Crippen LogP contribution is -2.52. The highest BCUT2D eigenvalue weighted by molar-refractivity contribution is 5.77. The van der Waals surface area contributed by atoms with Crippen molar-refractivity contribution in [3.63, 3.8) is 0 Å². The van der Waals surface area contributed by atoms with Gasteiger partial charge in [-0.05, 0) is 31.6 Å². The molecule has 114 valence electrons. The number of carbonyl (C=O) groups excluding carboxylic acids is 1. The third kappa shape index (κ3) is 2.86. The van der Waals surface area contributed by atoms with Crippen molar-refractivity contribution in [2.45, 2.75) is 76.0 Å². The Morgan fingerprint density at radius 1 is 1.30 bits per heavy atom. The van der Waals surface area contributed by atoms with Crippen LogP contribution in [0.15, 0.2) is 0 Å². The second-order valence-corrected chi connectivity index (χ2v) is 7.17. The number of likely N-dealkylation sites (tertiary alicyclic amines) is 1. The third-order valence-corrected chi connectivity index (χ3v) is 5.54. The summed E-state index contributed by atoms with van der Waals surface area (Å²) in [6.45, 7) is 3.52. The normalized spacial score (nSPS) is 37.6. The Bertz CT molecular complexity index is 365. The van der Waals surface area contributed by atoms with Gasteiger partial charge in [0.15, 0.2) is 0 Å². The van der Waals surface area contributed by atoms with Crippen LogP contribution in [0.2, 0.25) is 0 Å². The number of rotatable bonds is 2. The lowest BCUT2D eigenvalue weighted by molar-refractivity contribution is -0.139. The fraction of sp³-hybridized carbons (Fsp3) is 0.938. The third-order valence-electron chi connectivity index (χ3n) is 5.54. The molecule has 2 heterocycles. The van der Waals surface area contributed by atoms with E-state index in [1.54, 1.807) is 0 Å². The van der Waals surface area contributed by atoms with Crippen LogP contribution in [0.25, 0.3) is 0 Å². The van der Waals surface area contributed by atoms with Crippen LogP contribution in [0.5, 0.6) is 0 Å². The van der Waals surface area contributed by atoms with Crippen molar-refractivity contribution in [3.05, 3.63) is 0 Å². The average Bonchev–Trinajstić information content (AvgIpc) is 2.79. The zero-order chi connectivity index (χ0) is 14.2. The summed E-state index contributed by atoms with van der Waals surface area (Å²) in [5.41, 5.74) is 6.26. The minimum Gasteiger partial charge on any atom is -0.370 e. The van der Waals surface area contributed by atoms with Gasteiger partial charge in [-0.15, -0.1) is 0 Å². The number of ether oxygens (including phenoxy) is 1. The number of carbonyl (C=O) groups is 1. The highest BCUT2D eigenvalue weighted by atomic mass is 16.5. The van der Waals surface area contributed by atoms with E-state index in [2.05, 4.69) is 6.92 Å². The van der Waals surface area contributed by atoms with E-state index in [0.29, 0.717) is 18.9 Å². The molecule has 2 saturated heterocycles. The van der Waals surface area contributed by atoms with E-state index in [-0.39, 0.29) is 23.7 Å². The van der Waals surface area contributed by atoms with E-state index in [0.717, 1.165) is 13.0 Å². The highest BCUT2D eigenvalue weighted by Gasteiger charge is 2.42. The van der Waals surface area contributed by atoms with Gasteiger partial charge in [-0.2, -0.15) is 0 Å². The Balaban J connectivity index is 1.55. The Morgan fingerprint density at radius 3 is 2.80 bits per heavy atom. The van der Waals surface area contributed by atoms with E-state index >= 15 is 0 Å². The number of piperidine rings is 1. The standard InChI is InChI=1S/C16H28N2O2/c1-12-9-15(19)18(11-14(12)17)10-13-5-8-16(20-13)6-3-2-4-7-16/h12-14H,2-11,17H2,1H3. The number of nitrogens with two attached hydrogens (primary N) is 1. The molecular formula is C16H28N2O2. The maximum Gasteiger partial charge on any atom is 0.223 e. The van der Waals surface area contributed by atoms with E-state index in [9.17, 15) is 4.79 Å². The molecule has 1 spiro atoms. The molecule has 1 aliphatic carbocycles.